The third kappa shape index (κ3) is 4.72. The van der Waals surface area contributed by atoms with Crippen LogP contribution in [0.4, 0.5) is 5.69 Å². The van der Waals surface area contributed by atoms with Crippen LogP contribution in [0.15, 0.2) is 85.1 Å². The number of nitrogens with one attached hydrogen (secondary N) is 1. The fourth-order valence-corrected chi connectivity index (χ4v) is 3.66. The number of fused-ring (bicyclic) bond motifs is 1. The number of anilines is 1. The lowest BCUT2D eigenvalue weighted by Gasteiger charge is -2.23. The predicted molar refractivity (Wildman–Crippen MR) is 127 cm³/mol. The number of carbonyl (C=O) groups excluding carboxylic acids is 1. The number of esters is 1. The lowest BCUT2D eigenvalue weighted by Crippen LogP contribution is -2.13. The van der Waals surface area contributed by atoms with Gasteiger partial charge in [0.1, 0.15) is 11.3 Å². The van der Waals surface area contributed by atoms with Gasteiger partial charge in [0.25, 0.3) is 0 Å². The fraction of sp³-hybridized carbons (Fsp3) is 0.185. The summed E-state index contributed by atoms with van der Waals surface area (Å²) in [6.45, 7) is 2.47. The normalized spacial score (nSPS) is 11.8. The Bertz CT molecular complexity index is 1210. The average molecular weight is 427 g/mol. The molecule has 0 saturated heterocycles. The maximum atomic E-state index is 12.4. The maximum absolute atomic E-state index is 12.4. The van der Waals surface area contributed by atoms with Gasteiger partial charge in [-0.1, -0.05) is 67.9 Å². The van der Waals surface area contributed by atoms with Gasteiger partial charge in [0, 0.05) is 22.8 Å². The lowest BCUT2D eigenvalue weighted by molar-refractivity contribution is 0.0500. The molecule has 1 atom stereocenters. The second-order valence-corrected chi connectivity index (χ2v) is 7.64. The highest BCUT2D eigenvalue weighted by molar-refractivity contribution is 5.90. The molecule has 1 unspecified atom stereocenters. The first-order chi connectivity index (χ1) is 15.7. The summed E-state index contributed by atoms with van der Waals surface area (Å²) in [6.07, 6.45) is 3.48. The number of pyridine rings is 1. The number of hydrogen-bond donors (Lipinski definition) is 2. The Balaban J connectivity index is 1.69. The minimum Gasteiger partial charge on any atom is -0.505 e. The van der Waals surface area contributed by atoms with Crippen LogP contribution in [0.5, 0.6) is 5.75 Å². The highest BCUT2D eigenvalue weighted by Crippen LogP contribution is 2.36. The first-order valence-electron chi connectivity index (χ1n) is 10.8. The zero-order valence-corrected chi connectivity index (χ0v) is 18.0. The van der Waals surface area contributed by atoms with E-state index in [9.17, 15) is 9.90 Å². The molecule has 5 nitrogen and oxygen atoms in total. The molecule has 2 N–H and O–H groups in total. The number of phenolic OH excluding ortho intramolecular Hbond substituents is 1. The zero-order valence-electron chi connectivity index (χ0n) is 18.0. The first-order valence-corrected chi connectivity index (χ1v) is 10.8. The third-order valence-electron chi connectivity index (χ3n) is 5.36. The van der Waals surface area contributed by atoms with E-state index >= 15 is 0 Å². The minimum absolute atomic E-state index is 0.139. The van der Waals surface area contributed by atoms with Crippen LogP contribution in [0.1, 0.15) is 47.3 Å². The van der Waals surface area contributed by atoms with Gasteiger partial charge in [0.15, 0.2) is 0 Å². The van der Waals surface area contributed by atoms with E-state index in [1.807, 2.05) is 66.7 Å². The average Bonchev–Trinajstić information content (AvgIpc) is 2.84. The molecule has 1 aromatic heterocycles. The Hall–Kier alpha value is -3.86. The molecule has 5 heteroatoms. The van der Waals surface area contributed by atoms with Crippen molar-refractivity contribution in [3.05, 3.63) is 102 Å². The van der Waals surface area contributed by atoms with E-state index in [-0.39, 0.29) is 17.8 Å². The molecular weight excluding hydrogens is 400 g/mol. The van der Waals surface area contributed by atoms with Crippen LogP contribution in [0.25, 0.3) is 10.9 Å². The molecule has 32 heavy (non-hydrogen) atoms. The van der Waals surface area contributed by atoms with Crippen LogP contribution in [-0.4, -0.2) is 22.7 Å². The van der Waals surface area contributed by atoms with Gasteiger partial charge in [-0.05, 0) is 36.2 Å². The van der Waals surface area contributed by atoms with Crippen molar-refractivity contribution < 1.29 is 14.6 Å². The molecule has 0 amide bonds. The van der Waals surface area contributed by atoms with Crippen molar-refractivity contribution in [1.29, 1.82) is 0 Å². The highest BCUT2D eigenvalue weighted by atomic mass is 16.5. The van der Waals surface area contributed by atoms with Gasteiger partial charge in [-0.2, -0.15) is 0 Å². The fourth-order valence-electron chi connectivity index (χ4n) is 3.66. The van der Waals surface area contributed by atoms with Gasteiger partial charge in [0.05, 0.1) is 18.2 Å². The molecule has 0 aliphatic heterocycles. The summed E-state index contributed by atoms with van der Waals surface area (Å²) in [6, 6.07) is 24.4. The summed E-state index contributed by atoms with van der Waals surface area (Å²) in [5, 5.41) is 15.4. The Labute approximate surface area is 187 Å². The van der Waals surface area contributed by atoms with Crippen molar-refractivity contribution in [3.8, 4) is 5.75 Å². The molecule has 1 heterocycles. The van der Waals surface area contributed by atoms with E-state index in [4.69, 9.17) is 4.74 Å². The van der Waals surface area contributed by atoms with E-state index in [0.29, 0.717) is 23.3 Å². The van der Waals surface area contributed by atoms with Crippen molar-refractivity contribution in [3.63, 3.8) is 0 Å². The number of carbonyl (C=O) groups is 1. The first kappa shape index (κ1) is 21.4. The van der Waals surface area contributed by atoms with Crippen molar-refractivity contribution >= 4 is 22.6 Å². The molecule has 0 radical (unpaired) electrons. The van der Waals surface area contributed by atoms with Crippen LogP contribution >= 0.6 is 0 Å². The van der Waals surface area contributed by atoms with Crippen molar-refractivity contribution in [2.45, 2.75) is 25.8 Å². The number of unbranched alkanes of at least 4 members (excludes halogenated alkanes) is 1. The van der Waals surface area contributed by atoms with Gasteiger partial charge in [-0.25, -0.2) is 4.79 Å². The lowest BCUT2D eigenvalue weighted by atomic mass is 9.96. The summed E-state index contributed by atoms with van der Waals surface area (Å²) in [7, 11) is 0. The molecule has 0 saturated carbocycles. The third-order valence-corrected chi connectivity index (χ3v) is 5.36. The summed E-state index contributed by atoms with van der Waals surface area (Å²) in [5.74, 6) is -0.198. The molecule has 4 rings (SSSR count). The Morgan fingerprint density at radius 2 is 1.88 bits per heavy atom. The smallest absolute Gasteiger partial charge is 0.338 e. The summed E-state index contributed by atoms with van der Waals surface area (Å²) in [5.41, 5.74) is 3.49. The van der Waals surface area contributed by atoms with Gasteiger partial charge in [-0.3, -0.25) is 4.98 Å². The van der Waals surface area contributed by atoms with Gasteiger partial charge in [0.2, 0.25) is 0 Å². The quantitative estimate of drug-likeness (QED) is 0.263. The number of hydrogen-bond acceptors (Lipinski definition) is 5. The van der Waals surface area contributed by atoms with Gasteiger partial charge < -0.3 is 15.2 Å². The number of aromatic hydroxyl groups is 1. The van der Waals surface area contributed by atoms with Gasteiger partial charge in [-0.15, -0.1) is 0 Å². The number of rotatable bonds is 8. The number of benzene rings is 3. The van der Waals surface area contributed by atoms with Gasteiger partial charge >= 0.3 is 5.97 Å². The number of nitrogens with zero attached hydrogens (tertiary/aromatic N) is 1. The van der Waals surface area contributed by atoms with E-state index in [1.165, 1.54) is 0 Å². The number of aromatic nitrogens is 1. The van der Waals surface area contributed by atoms with Crippen molar-refractivity contribution in [2.24, 2.45) is 0 Å². The second-order valence-electron chi connectivity index (χ2n) is 7.64. The largest absolute Gasteiger partial charge is 0.505 e. The molecule has 0 fully saturated rings. The van der Waals surface area contributed by atoms with Crippen molar-refractivity contribution in [2.75, 3.05) is 11.9 Å². The molecule has 0 spiro atoms. The van der Waals surface area contributed by atoms with E-state index in [2.05, 4.69) is 17.2 Å². The second kappa shape index (κ2) is 9.96. The SMILES string of the molecule is CCCCOC(=O)c1cccc(NC(c2ccccc2)c2ccc3cccnc3c2O)c1. The van der Waals surface area contributed by atoms with Crippen LogP contribution < -0.4 is 5.32 Å². The van der Waals surface area contributed by atoms with E-state index < -0.39 is 0 Å². The molecule has 162 valence electrons. The monoisotopic (exact) mass is 426 g/mol. The summed E-state index contributed by atoms with van der Waals surface area (Å²) >= 11 is 0. The molecule has 4 aromatic rings. The summed E-state index contributed by atoms with van der Waals surface area (Å²) < 4.78 is 5.35. The molecule has 0 aliphatic carbocycles. The molecular formula is C27H26N2O3. The zero-order chi connectivity index (χ0) is 22.3. The molecule has 0 bridgehead atoms. The molecule has 0 aliphatic rings. The van der Waals surface area contributed by atoms with Crippen LogP contribution in [0, 0.1) is 0 Å². The van der Waals surface area contributed by atoms with Crippen LogP contribution in [0.2, 0.25) is 0 Å². The highest BCUT2D eigenvalue weighted by Gasteiger charge is 2.20. The topological polar surface area (TPSA) is 71.5 Å². The Morgan fingerprint density at radius 1 is 1.03 bits per heavy atom. The Kier molecular flexibility index (Phi) is 6.66. The number of phenols is 1. The van der Waals surface area contributed by atoms with E-state index in [0.717, 1.165) is 29.5 Å². The maximum Gasteiger partial charge on any atom is 0.338 e. The predicted octanol–water partition coefficient (Wildman–Crippen LogP) is 6.10. The van der Waals surface area contributed by atoms with Crippen molar-refractivity contribution in [1.82, 2.24) is 4.98 Å². The Morgan fingerprint density at radius 3 is 2.69 bits per heavy atom. The standard InChI is InChI=1S/C27H26N2O3/c1-2-3-17-32-27(31)21-11-7-13-22(18-21)29-24(19-9-5-4-6-10-19)23-15-14-20-12-8-16-28-25(20)26(23)30/h4-16,18,24,29-30H,2-3,17H2,1H3. The summed E-state index contributed by atoms with van der Waals surface area (Å²) in [4.78, 5) is 16.8. The van der Waals surface area contributed by atoms with Crippen LogP contribution in [0.3, 0.4) is 0 Å². The molecule has 3 aromatic carbocycles. The van der Waals surface area contributed by atoms with E-state index in [1.54, 1.807) is 18.3 Å². The minimum atomic E-state index is -0.339. The number of ether oxygens (including phenoxy) is 1. The van der Waals surface area contributed by atoms with Crippen LogP contribution in [-0.2, 0) is 4.74 Å².